The van der Waals surface area contributed by atoms with Crippen LogP contribution in [0, 0.1) is 11.6 Å². The van der Waals surface area contributed by atoms with E-state index in [4.69, 9.17) is 4.74 Å². The zero-order chi connectivity index (χ0) is 23.8. The molecule has 0 bridgehead atoms. The number of piperazine rings is 1. The Morgan fingerprint density at radius 2 is 1.70 bits per heavy atom. The van der Waals surface area contributed by atoms with E-state index in [-0.39, 0.29) is 51.7 Å². The summed E-state index contributed by atoms with van der Waals surface area (Å²) in [6.07, 6.45) is 0.00908. The Labute approximate surface area is 191 Å². The van der Waals surface area contributed by atoms with Crippen molar-refractivity contribution >= 4 is 22.0 Å². The number of halogens is 2. The van der Waals surface area contributed by atoms with Crippen LogP contribution < -0.4 is 5.32 Å². The molecule has 2 aromatic rings. The topological polar surface area (TPSA) is 96.0 Å². The van der Waals surface area contributed by atoms with Crippen LogP contribution in [0.1, 0.15) is 18.4 Å². The predicted molar refractivity (Wildman–Crippen MR) is 116 cm³/mol. The molecule has 1 fully saturated rings. The Morgan fingerprint density at radius 3 is 2.36 bits per heavy atom. The van der Waals surface area contributed by atoms with E-state index in [1.165, 1.54) is 4.90 Å². The number of nitrogens with zero attached hydrogens (tertiary/aromatic N) is 2. The molecule has 0 radical (unpaired) electrons. The van der Waals surface area contributed by atoms with Gasteiger partial charge < -0.3 is 15.0 Å². The molecule has 1 aliphatic heterocycles. The second kappa shape index (κ2) is 11.2. The van der Waals surface area contributed by atoms with Gasteiger partial charge in [-0.15, -0.1) is 0 Å². The van der Waals surface area contributed by atoms with Crippen LogP contribution in [0.25, 0.3) is 0 Å². The molecule has 0 atom stereocenters. The molecule has 1 aliphatic rings. The lowest BCUT2D eigenvalue weighted by Gasteiger charge is -2.34. The van der Waals surface area contributed by atoms with E-state index in [0.29, 0.717) is 12.5 Å². The molecular weight excluding hydrogens is 456 g/mol. The van der Waals surface area contributed by atoms with Crippen molar-refractivity contribution in [3.63, 3.8) is 0 Å². The van der Waals surface area contributed by atoms with Gasteiger partial charge in [0.05, 0.1) is 0 Å². The summed E-state index contributed by atoms with van der Waals surface area (Å²) in [5.41, 5.74) is 0.867. The van der Waals surface area contributed by atoms with Gasteiger partial charge in [-0.2, -0.15) is 4.31 Å². The molecule has 2 aromatic carbocycles. The van der Waals surface area contributed by atoms with Crippen LogP contribution in [0.15, 0.2) is 53.4 Å². The second-order valence-corrected chi connectivity index (χ2v) is 9.36. The molecule has 0 aromatic heterocycles. The Bertz CT molecular complexity index is 1070. The molecule has 1 heterocycles. The van der Waals surface area contributed by atoms with Crippen molar-refractivity contribution in [1.82, 2.24) is 14.5 Å². The largest absolute Gasteiger partial charge is 0.445 e. The number of benzene rings is 2. The number of amides is 2. The predicted octanol–water partition coefficient (Wildman–Crippen LogP) is 2.50. The van der Waals surface area contributed by atoms with Crippen molar-refractivity contribution in [2.45, 2.75) is 24.3 Å². The summed E-state index contributed by atoms with van der Waals surface area (Å²) >= 11 is 0. The van der Waals surface area contributed by atoms with E-state index in [1.54, 1.807) is 0 Å². The molecule has 1 N–H and O–H groups in total. The number of carbonyl (C=O) groups excluding carboxylic acids is 2. The van der Waals surface area contributed by atoms with E-state index in [1.807, 2.05) is 30.3 Å². The minimum atomic E-state index is -4.12. The molecule has 0 spiro atoms. The summed E-state index contributed by atoms with van der Waals surface area (Å²) in [4.78, 5) is 25.0. The van der Waals surface area contributed by atoms with Crippen molar-refractivity contribution in [2.24, 2.45) is 0 Å². The number of alkyl carbamates (subject to hydrolysis) is 1. The number of sulfonamides is 1. The SMILES string of the molecule is O=C(NCCCC(=O)N1CCN(S(=O)(=O)c2ccc(F)cc2F)CC1)OCc1ccccc1. The Balaban J connectivity index is 1.37. The van der Waals surface area contributed by atoms with Gasteiger partial charge in [-0.3, -0.25) is 4.79 Å². The molecule has 3 rings (SSSR count). The molecule has 0 unspecified atom stereocenters. The normalized spacial score (nSPS) is 14.7. The monoisotopic (exact) mass is 481 g/mol. The minimum absolute atomic E-state index is 0.00888. The molecule has 8 nitrogen and oxygen atoms in total. The highest BCUT2D eigenvalue weighted by Gasteiger charge is 2.31. The summed E-state index contributed by atoms with van der Waals surface area (Å²) in [6, 6.07) is 11.6. The average molecular weight is 482 g/mol. The minimum Gasteiger partial charge on any atom is -0.445 e. The molecule has 1 saturated heterocycles. The summed E-state index contributed by atoms with van der Waals surface area (Å²) in [7, 11) is -4.12. The van der Waals surface area contributed by atoms with Gasteiger partial charge in [0.15, 0.2) is 0 Å². The van der Waals surface area contributed by atoms with Crippen molar-refractivity contribution in [3.05, 3.63) is 65.7 Å². The summed E-state index contributed by atoms with van der Waals surface area (Å²) in [5.74, 6) is -2.18. The first-order valence-electron chi connectivity index (χ1n) is 10.4. The molecule has 0 aliphatic carbocycles. The van der Waals surface area contributed by atoms with E-state index in [2.05, 4.69) is 5.32 Å². The molecule has 2 amide bonds. The van der Waals surface area contributed by atoms with E-state index >= 15 is 0 Å². The van der Waals surface area contributed by atoms with Crippen LogP contribution in [0.4, 0.5) is 13.6 Å². The lowest BCUT2D eigenvalue weighted by atomic mass is 10.2. The van der Waals surface area contributed by atoms with Gasteiger partial charge in [0.1, 0.15) is 23.1 Å². The first-order chi connectivity index (χ1) is 15.8. The fourth-order valence-electron chi connectivity index (χ4n) is 3.36. The van der Waals surface area contributed by atoms with Gasteiger partial charge in [0.25, 0.3) is 0 Å². The molecular formula is C22H25F2N3O5S. The number of rotatable bonds is 8. The first kappa shape index (κ1) is 24.6. The maximum Gasteiger partial charge on any atom is 0.407 e. The lowest BCUT2D eigenvalue weighted by Crippen LogP contribution is -2.50. The van der Waals surface area contributed by atoms with E-state index < -0.39 is 32.6 Å². The molecule has 33 heavy (non-hydrogen) atoms. The van der Waals surface area contributed by atoms with Crippen molar-refractivity contribution in [1.29, 1.82) is 0 Å². The highest BCUT2D eigenvalue weighted by Crippen LogP contribution is 2.21. The van der Waals surface area contributed by atoms with Gasteiger partial charge in [-0.1, -0.05) is 30.3 Å². The molecule has 178 valence electrons. The van der Waals surface area contributed by atoms with Crippen LogP contribution in [0.5, 0.6) is 0 Å². The van der Waals surface area contributed by atoms with Gasteiger partial charge in [0, 0.05) is 45.2 Å². The van der Waals surface area contributed by atoms with Crippen LogP contribution >= 0.6 is 0 Å². The van der Waals surface area contributed by atoms with Crippen LogP contribution in [0.2, 0.25) is 0 Å². The highest BCUT2D eigenvalue weighted by molar-refractivity contribution is 7.89. The zero-order valence-electron chi connectivity index (χ0n) is 17.9. The number of hydrogen-bond acceptors (Lipinski definition) is 5. The Hall–Kier alpha value is -3.05. The average Bonchev–Trinajstić information content (AvgIpc) is 2.81. The van der Waals surface area contributed by atoms with Crippen molar-refractivity contribution in [2.75, 3.05) is 32.7 Å². The maximum atomic E-state index is 13.9. The number of nitrogens with one attached hydrogen (secondary N) is 1. The smallest absolute Gasteiger partial charge is 0.407 e. The van der Waals surface area contributed by atoms with Crippen LogP contribution in [-0.4, -0.2) is 62.3 Å². The van der Waals surface area contributed by atoms with Gasteiger partial charge in [-0.05, 0) is 24.1 Å². The lowest BCUT2D eigenvalue weighted by molar-refractivity contribution is -0.132. The fraction of sp³-hybridized carbons (Fsp3) is 0.364. The van der Waals surface area contributed by atoms with Gasteiger partial charge in [0.2, 0.25) is 15.9 Å². The standard InChI is InChI=1S/C22H25F2N3O5S/c23-18-8-9-20(19(24)15-18)33(30,31)27-13-11-26(12-14-27)21(28)7-4-10-25-22(29)32-16-17-5-2-1-3-6-17/h1-3,5-6,8-9,15H,4,7,10-14,16H2,(H,25,29). The number of carbonyl (C=O) groups is 2. The van der Waals surface area contributed by atoms with Crippen LogP contribution in [-0.2, 0) is 26.2 Å². The highest BCUT2D eigenvalue weighted by atomic mass is 32.2. The second-order valence-electron chi connectivity index (χ2n) is 7.45. The van der Waals surface area contributed by atoms with E-state index in [9.17, 15) is 26.8 Å². The van der Waals surface area contributed by atoms with Crippen molar-refractivity contribution < 1.29 is 31.5 Å². The number of ether oxygens (including phenoxy) is 1. The first-order valence-corrected chi connectivity index (χ1v) is 11.9. The van der Waals surface area contributed by atoms with E-state index in [0.717, 1.165) is 22.0 Å². The summed E-state index contributed by atoms with van der Waals surface area (Å²) in [5, 5.41) is 2.58. The third-order valence-electron chi connectivity index (χ3n) is 5.15. The molecule has 0 saturated carbocycles. The third kappa shape index (κ3) is 6.72. The third-order valence-corrected chi connectivity index (χ3v) is 7.08. The van der Waals surface area contributed by atoms with Crippen molar-refractivity contribution in [3.8, 4) is 0 Å². The van der Waals surface area contributed by atoms with Crippen LogP contribution in [0.3, 0.4) is 0 Å². The summed E-state index contributed by atoms with van der Waals surface area (Å²) < 4.78 is 58.4. The Kier molecular flexibility index (Phi) is 8.34. The molecule has 11 heteroatoms. The Morgan fingerprint density at radius 1 is 1.00 bits per heavy atom. The fourth-order valence-corrected chi connectivity index (χ4v) is 4.83. The van der Waals surface area contributed by atoms with Gasteiger partial charge >= 0.3 is 6.09 Å². The van der Waals surface area contributed by atoms with Gasteiger partial charge in [-0.25, -0.2) is 22.0 Å². The zero-order valence-corrected chi connectivity index (χ0v) is 18.7. The number of hydrogen-bond donors (Lipinski definition) is 1. The maximum absolute atomic E-state index is 13.9. The quantitative estimate of drug-likeness (QED) is 0.585. The summed E-state index contributed by atoms with van der Waals surface area (Å²) in [6.45, 7) is 0.753.